The number of hydrogen-bond acceptors (Lipinski definition) is 6. The van der Waals surface area contributed by atoms with E-state index in [2.05, 4.69) is 21.9 Å². The maximum Gasteiger partial charge on any atom is 0.278 e. The number of halogens is 1. The number of ether oxygens (including phenoxy) is 2. The molecule has 1 aromatic heterocycles. The van der Waals surface area contributed by atoms with Crippen molar-refractivity contribution in [3.05, 3.63) is 35.1 Å². The highest BCUT2D eigenvalue weighted by Crippen LogP contribution is 2.43. The van der Waals surface area contributed by atoms with Crippen molar-refractivity contribution in [1.82, 2.24) is 9.97 Å². The molecular formula is C15H16ClN3O2S. The molecule has 0 spiro atoms. The highest BCUT2D eigenvalue weighted by Gasteiger charge is 2.27. The van der Waals surface area contributed by atoms with Gasteiger partial charge in [-0.1, -0.05) is 11.6 Å². The Hall–Kier alpha value is -1.66. The molecule has 0 bridgehead atoms. The summed E-state index contributed by atoms with van der Waals surface area (Å²) in [5, 5.41) is 0.754. The maximum atomic E-state index is 6.07. The second-order valence-corrected chi connectivity index (χ2v) is 6.36. The predicted octanol–water partition coefficient (Wildman–Crippen LogP) is 3.43. The Bertz CT molecular complexity index is 698. The second kappa shape index (κ2) is 6.22. The highest BCUT2D eigenvalue weighted by molar-refractivity contribution is 7.99. The third-order valence-corrected chi connectivity index (χ3v) is 4.98. The van der Waals surface area contributed by atoms with Crippen LogP contribution in [0.1, 0.15) is 11.7 Å². The summed E-state index contributed by atoms with van der Waals surface area (Å²) in [6.07, 6.45) is 1.74. The van der Waals surface area contributed by atoms with Crippen LogP contribution in [0.25, 0.3) is 0 Å². The van der Waals surface area contributed by atoms with Crippen molar-refractivity contribution >= 4 is 29.1 Å². The Morgan fingerprint density at radius 3 is 2.77 bits per heavy atom. The standard InChI is InChI=1S/C15H16ClN3O2S/c1-19-11-5-4-9(16)6-13(11)22-8-12(19)10-7-17-14(20-2)15(18-10)21-3/h4-7,12H,8H2,1-3H3. The number of benzene rings is 1. The lowest BCUT2D eigenvalue weighted by atomic mass is 10.2. The topological polar surface area (TPSA) is 47.5 Å². The minimum Gasteiger partial charge on any atom is -0.477 e. The van der Waals surface area contributed by atoms with Crippen molar-refractivity contribution in [1.29, 1.82) is 0 Å². The van der Waals surface area contributed by atoms with E-state index in [0.717, 1.165) is 22.2 Å². The lowest BCUT2D eigenvalue weighted by molar-refractivity contribution is 0.329. The Morgan fingerprint density at radius 2 is 2.05 bits per heavy atom. The van der Waals surface area contributed by atoms with Gasteiger partial charge in [0, 0.05) is 22.7 Å². The van der Waals surface area contributed by atoms with Crippen LogP contribution in [0.4, 0.5) is 5.69 Å². The van der Waals surface area contributed by atoms with Gasteiger partial charge in [0.15, 0.2) is 0 Å². The molecule has 0 radical (unpaired) electrons. The van der Waals surface area contributed by atoms with E-state index in [0.29, 0.717) is 11.8 Å². The van der Waals surface area contributed by atoms with Crippen molar-refractivity contribution in [2.45, 2.75) is 10.9 Å². The molecule has 2 heterocycles. The van der Waals surface area contributed by atoms with Crippen LogP contribution >= 0.6 is 23.4 Å². The van der Waals surface area contributed by atoms with Crippen molar-refractivity contribution in [2.24, 2.45) is 0 Å². The monoisotopic (exact) mass is 337 g/mol. The van der Waals surface area contributed by atoms with Crippen LogP contribution in [-0.2, 0) is 0 Å². The summed E-state index contributed by atoms with van der Waals surface area (Å²) in [5.41, 5.74) is 2.00. The van der Waals surface area contributed by atoms with E-state index in [9.17, 15) is 0 Å². The zero-order valence-corrected chi connectivity index (χ0v) is 14.1. The molecule has 0 saturated heterocycles. The number of fused-ring (bicyclic) bond motifs is 1. The first-order chi connectivity index (χ1) is 10.6. The summed E-state index contributed by atoms with van der Waals surface area (Å²) in [6.45, 7) is 0. The van der Waals surface area contributed by atoms with Gasteiger partial charge in [-0.2, -0.15) is 0 Å². The number of nitrogens with zero attached hydrogens (tertiary/aromatic N) is 3. The first kappa shape index (κ1) is 15.2. The van der Waals surface area contributed by atoms with E-state index in [1.165, 1.54) is 4.90 Å². The van der Waals surface area contributed by atoms with Gasteiger partial charge in [-0.05, 0) is 18.2 Å². The van der Waals surface area contributed by atoms with E-state index in [4.69, 9.17) is 21.1 Å². The van der Waals surface area contributed by atoms with Gasteiger partial charge >= 0.3 is 0 Å². The quantitative estimate of drug-likeness (QED) is 0.855. The van der Waals surface area contributed by atoms with Gasteiger partial charge in [0.2, 0.25) is 0 Å². The summed E-state index contributed by atoms with van der Waals surface area (Å²) >= 11 is 7.83. The van der Waals surface area contributed by atoms with Gasteiger partial charge in [-0.25, -0.2) is 9.97 Å². The minimum atomic E-state index is 0.117. The second-order valence-electron chi connectivity index (χ2n) is 4.86. The predicted molar refractivity (Wildman–Crippen MR) is 88.5 cm³/mol. The van der Waals surface area contributed by atoms with Crippen LogP contribution in [0.15, 0.2) is 29.3 Å². The molecule has 0 fully saturated rings. The Labute approximate surface area is 138 Å². The summed E-state index contributed by atoms with van der Waals surface area (Å²) in [6, 6.07) is 6.05. The van der Waals surface area contributed by atoms with Crippen molar-refractivity contribution in [2.75, 3.05) is 31.9 Å². The number of aromatic nitrogens is 2. The van der Waals surface area contributed by atoms with Gasteiger partial charge in [0.1, 0.15) is 0 Å². The fourth-order valence-corrected chi connectivity index (χ4v) is 3.97. The minimum absolute atomic E-state index is 0.117. The van der Waals surface area contributed by atoms with Gasteiger partial charge in [-0.15, -0.1) is 11.8 Å². The molecule has 1 aromatic carbocycles. The SMILES string of the molecule is COc1ncc(C2CSc3cc(Cl)ccc3N2C)nc1OC. The summed E-state index contributed by atoms with van der Waals surface area (Å²) in [4.78, 5) is 12.2. The third-order valence-electron chi connectivity index (χ3n) is 3.62. The molecule has 0 aliphatic carbocycles. The lowest BCUT2D eigenvalue weighted by Crippen LogP contribution is -2.30. The largest absolute Gasteiger partial charge is 0.477 e. The molecule has 3 rings (SSSR count). The lowest BCUT2D eigenvalue weighted by Gasteiger charge is -2.35. The Morgan fingerprint density at radius 1 is 1.27 bits per heavy atom. The fourth-order valence-electron chi connectivity index (χ4n) is 2.43. The summed E-state index contributed by atoms with van der Waals surface area (Å²) < 4.78 is 10.4. The Balaban J connectivity index is 1.95. The zero-order chi connectivity index (χ0) is 15.7. The highest BCUT2D eigenvalue weighted by atomic mass is 35.5. The molecular weight excluding hydrogens is 322 g/mol. The zero-order valence-electron chi connectivity index (χ0n) is 12.5. The fraction of sp³-hybridized carbons (Fsp3) is 0.333. The first-order valence-corrected chi connectivity index (χ1v) is 8.10. The molecule has 5 nitrogen and oxygen atoms in total. The van der Waals surface area contributed by atoms with E-state index < -0.39 is 0 Å². The number of hydrogen-bond donors (Lipinski definition) is 0. The van der Waals surface area contributed by atoms with Crippen LogP contribution in [-0.4, -0.2) is 37.0 Å². The summed E-state index contributed by atoms with van der Waals surface area (Å²) in [7, 11) is 5.16. The normalized spacial score (nSPS) is 17.1. The smallest absolute Gasteiger partial charge is 0.278 e. The molecule has 1 atom stereocenters. The number of thioether (sulfide) groups is 1. The van der Waals surface area contributed by atoms with Crippen LogP contribution in [0.3, 0.4) is 0 Å². The van der Waals surface area contributed by atoms with E-state index >= 15 is 0 Å². The van der Waals surface area contributed by atoms with Gasteiger partial charge in [-0.3, -0.25) is 0 Å². The summed E-state index contributed by atoms with van der Waals surface area (Å²) in [5.74, 6) is 1.67. The number of rotatable bonds is 3. The third kappa shape index (κ3) is 2.68. The van der Waals surface area contributed by atoms with Crippen molar-refractivity contribution in [3.8, 4) is 11.8 Å². The van der Waals surface area contributed by atoms with E-state index in [1.54, 1.807) is 32.2 Å². The number of anilines is 1. The van der Waals surface area contributed by atoms with Gasteiger partial charge < -0.3 is 14.4 Å². The molecule has 0 saturated carbocycles. The van der Waals surface area contributed by atoms with Crippen molar-refractivity contribution in [3.63, 3.8) is 0 Å². The molecule has 7 heteroatoms. The van der Waals surface area contributed by atoms with Crippen LogP contribution in [0, 0.1) is 0 Å². The molecule has 116 valence electrons. The molecule has 0 N–H and O–H groups in total. The molecule has 22 heavy (non-hydrogen) atoms. The van der Waals surface area contributed by atoms with E-state index in [1.807, 2.05) is 18.2 Å². The van der Waals surface area contributed by atoms with Crippen LogP contribution in [0.2, 0.25) is 5.02 Å². The first-order valence-electron chi connectivity index (χ1n) is 6.74. The van der Waals surface area contributed by atoms with Crippen LogP contribution in [0.5, 0.6) is 11.8 Å². The van der Waals surface area contributed by atoms with Gasteiger partial charge in [0.05, 0.1) is 37.8 Å². The number of methoxy groups -OCH3 is 2. The van der Waals surface area contributed by atoms with Crippen molar-refractivity contribution < 1.29 is 9.47 Å². The van der Waals surface area contributed by atoms with Gasteiger partial charge in [0.25, 0.3) is 11.8 Å². The molecule has 1 aliphatic heterocycles. The maximum absolute atomic E-state index is 6.07. The molecule has 2 aromatic rings. The van der Waals surface area contributed by atoms with Crippen LogP contribution < -0.4 is 14.4 Å². The Kier molecular flexibility index (Phi) is 4.31. The molecule has 1 aliphatic rings. The average molecular weight is 338 g/mol. The average Bonchev–Trinajstić information content (AvgIpc) is 2.54. The molecule has 1 unspecified atom stereocenters. The van der Waals surface area contributed by atoms with E-state index in [-0.39, 0.29) is 6.04 Å². The molecule has 0 amide bonds.